The first kappa shape index (κ1) is 46.1. The van der Waals surface area contributed by atoms with Crippen LogP contribution in [0, 0.1) is 11.8 Å². The monoisotopic (exact) mass is 832 g/mol. The Morgan fingerprint density at radius 3 is 2.05 bits per heavy atom. The van der Waals surface area contributed by atoms with Gasteiger partial charge in [-0.2, -0.15) is 0 Å². The molecular weight excluding hydrogens is 775 g/mol. The van der Waals surface area contributed by atoms with E-state index in [1.54, 1.807) is 40.9 Å². The first-order valence-corrected chi connectivity index (χ1v) is 21.4. The van der Waals surface area contributed by atoms with E-state index in [1.807, 2.05) is 42.2 Å². The summed E-state index contributed by atoms with van der Waals surface area (Å²) in [6, 6.07) is 9.41. The van der Waals surface area contributed by atoms with Gasteiger partial charge in [-0.3, -0.25) is 32.8 Å². The number of nitrogens with zero attached hydrogens (tertiary/aromatic N) is 5. The van der Waals surface area contributed by atoms with Gasteiger partial charge in [-0.05, 0) is 19.3 Å². The van der Waals surface area contributed by atoms with Crippen molar-refractivity contribution in [3.63, 3.8) is 0 Å². The van der Waals surface area contributed by atoms with Crippen LogP contribution in [-0.4, -0.2) is 134 Å². The summed E-state index contributed by atoms with van der Waals surface area (Å²) in [5.74, 6) is -2.64. The van der Waals surface area contributed by atoms with Gasteiger partial charge < -0.3 is 39.0 Å². The molecule has 2 saturated heterocycles. The highest BCUT2D eigenvalue weighted by Gasteiger charge is 2.35. The molecule has 1 N–H and O–H groups in total. The van der Waals surface area contributed by atoms with Crippen LogP contribution < -0.4 is 10.2 Å². The summed E-state index contributed by atoms with van der Waals surface area (Å²) in [7, 11) is -2.60. The molecule has 18 nitrogen and oxygen atoms in total. The first-order chi connectivity index (χ1) is 27.7. The number of anilines is 1. The Morgan fingerprint density at radius 2 is 1.48 bits per heavy atom. The van der Waals surface area contributed by atoms with Gasteiger partial charge in [0.2, 0.25) is 19.5 Å². The molecule has 320 valence electrons. The van der Waals surface area contributed by atoms with Gasteiger partial charge in [-0.15, -0.1) is 0 Å². The highest BCUT2D eigenvalue weighted by atomic mass is 31.2. The van der Waals surface area contributed by atoms with E-state index in [4.69, 9.17) is 33.0 Å². The number of piperazine rings is 1. The van der Waals surface area contributed by atoms with Crippen LogP contribution in [0.25, 0.3) is 11.4 Å². The van der Waals surface area contributed by atoms with E-state index >= 15 is 0 Å². The molecule has 2 aliphatic rings. The molecule has 0 radical (unpaired) electrons. The molecule has 4 rings (SSSR count). The van der Waals surface area contributed by atoms with Gasteiger partial charge in [-0.1, -0.05) is 71.4 Å². The van der Waals surface area contributed by atoms with Crippen LogP contribution in [0.2, 0.25) is 0 Å². The maximum atomic E-state index is 14.3. The highest BCUT2D eigenvalue weighted by molar-refractivity contribution is 7.53. The van der Waals surface area contributed by atoms with Gasteiger partial charge >= 0.3 is 25.6 Å². The van der Waals surface area contributed by atoms with Crippen LogP contribution >= 0.6 is 7.60 Å². The Bertz CT molecular complexity index is 1710. The van der Waals surface area contributed by atoms with Crippen LogP contribution in [0.5, 0.6) is 0 Å². The minimum absolute atomic E-state index is 0.0148. The van der Waals surface area contributed by atoms with E-state index in [0.717, 1.165) is 19.3 Å². The molecule has 0 saturated carbocycles. The largest absolute Gasteiger partial charge is 0.449 e. The predicted molar refractivity (Wildman–Crippen MR) is 212 cm³/mol. The van der Waals surface area contributed by atoms with Gasteiger partial charge in [0.05, 0.1) is 30.7 Å². The number of rotatable bonds is 20. The van der Waals surface area contributed by atoms with Gasteiger partial charge in [0.25, 0.3) is 5.91 Å². The quantitative estimate of drug-likeness (QED) is 0.0642. The van der Waals surface area contributed by atoms with Crippen molar-refractivity contribution >= 4 is 43.3 Å². The van der Waals surface area contributed by atoms with Crippen molar-refractivity contribution in [2.24, 2.45) is 11.8 Å². The fourth-order valence-corrected chi connectivity index (χ4v) is 7.22. The highest BCUT2D eigenvalue weighted by Crippen LogP contribution is 2.49. The Balaban J connectivity index is 1.60. The Hall–Kier alpha value is -4.64. The number of benzene rings is 1. The zero-order chi connectivity index (χ0) is 42.2. The second-order valence-corrected chi connectivity index (χ2v) is 16.7. The molecular formula is C39H57N6O12P. The van der Waals surface area contributed by atoms with E-state index in [-0.39, 0.29) is 44.4 Å². The van der Waals surface area contributed by atoms with Crippen molar-refractivity contribution in [3.05, 3.63) is 42.1 Å². The van der Waals surface area contributed by atoms with Gasteiger partial charge in [0, 0.05) is 58.0 Å². The third-order valence-electron chi connectivity index (χ3n) is 9.49. The number of unbranched alkanes of at least 4 members (excludes halogenated alkanes) is 1. The Labute approximate surface area is 339 Å². The average Bonchev–Trinajstić information content (AvgIpc) is 3.72. The minimum Gasteiger partial charge on any atom is -0.449 e. The summed E-state index contributed by atoms with van der Waals surface area (Å²) < 4.78 is 46.1. The van der Waals surface area contributed by atoms with Crippen molar-refractivity contribution in [3.8, 4) is 11.4 Å². The molecule has 2 aliphatic heterocycles. The molecule has 3 amide bonds. The molecule has 2 atom stereocenters. The number of methoxy groups -OCH3 is 1. The van der Waals surface area contributed by atoms with Gasteiger partial charge in [-0.25, -0.2) is 14.8 Å². The third kappa shape index (κ3) is 13.7. The summed E-state index contributed by atoms with van der Waals surface area (Å²) in [5, 5.41) is 2.79. The lowest BCUT2D eigenvalue weighted by molar-refractivity contribution is -0.156. The molecule has 0 bridgehead atoms. The average molecular weight is 833 g/mol. The van der Waals surface area contributed by atoms with Crippen molar-refractivity contribution in [1.82, 2.24) is 25.1 Å². The second kappa shape index (κ2) is 22.5. The zero-order valence-electron chi connectivity index (χ0n) is 34.3. The third-order valence-corrected chi connectivity index (χ3v) is 11.3. The summed E-state index contributed by atoms with van der Waals surface area (Å²) in [4.78, 5) is 79.7. The number of carbonyl (C=O) groups excluding carboxylic acids is 5. The van der Waals surface area contributed by atoms with E-state index in [0.29, 0.717) is 36.9 Å². The number of carbonyl (C=O) groups is 5. The zero-order valence-corrected chi connectivity index (χ0v) is 35.1. The normalized spacial score (nSPS) is 16.3. The van der Waals surface area contributed by atoms with E-state index < -0.39 is 75.1 Å². The van der Waals surface area contributed by atoms with Crippen molar-refractivity contribution in [1.29, 1.82) is 0 Å². The molecule has 1 aromatic heterocycles. The standard InChI is InChI=1S/C39H57N6O12P/c1-7-8-21-53-39(50)44-19-17-43(18-20-44)36(47)31(15-22-58(51,56-25-54-37(48)27(2)3)57-26-55-38(49)28(4)5)41-35(46)32-23-33(45-16-14-30(24-45)52-6)42-34(40-32)29-12-10-9-11-13-29/h9-13,23,27-28,30-31H,7-8,14-22,24-26H2,1-6H3,(H,41,46)/t30-,31-/m0/s1. The Kier molecular flexibility index (Phi) is 17.9. The fraction of sp³-hybridized carbons (Fsp3) is 0.615. The SMILES string of the molecule is CCCCOC(=O)N1CCN(C(=O)[C@H](CCP(=O)(OCOC(=O)C(C)C)OCOC(=O)C(C)C)NC(=O)c2cc(N3CC[C@H](OC)C3)nc(-c3ccccc3)n2)CC1. The van der Waals surface area contributed by atoms with Crippen LogP contribution in [-0.2, 0) is 46.9 Å². The summed E-state index contributed by atoms with van der Waals surface area (Å²) in [6.45, 7) is 9.12. The maximum absolute atomic E-state index is 14.3. The number of esters is 2. The van der Waals surface area contributed by atoms with Crippen LogP contribution in [0.4, 0.5) is 10.6 Å². The number of nitrogens with one attached hydrogen (secondary N) is 1. The first-order valence-electron chi connectivity index (χ1n) is 19.7. The van der Waals surface area contributed by atoms with Crippen molar-refractivity contribution in [2.75, 3.05) is 77.6 Å². The van der Waals surface area contributed by atoms with Crippen molar-refractivity contribution in [2.45, 2.75) is 72.4 Å². The van der Waals surface area contributed by atoms with E-state index in [2.05, 4.69) is 10.3 Å². The van der Waals surface area contributed by atoms with E-state index in [1.165, 1.54) is 9.80 Å². The second-order valence-electron chi connectivity index (χ2n) is 14.6. The molecule has 2 fully saturated rings. The predicted octanol–water partition coefficient (Wildman–Crippen LogP) is 4.48. The number of ether oxygens (including phenoxy) is 4. The van der Waals surface area contributed by atoms with Gasteiger partial charge in [0.15, 0.2) is 5.82 Å². The lowest BCUT2D eigenvalue weighted by Gasteiger charge is -2.36. The van der Waals surface area contributed by atoms with E-state index in [9.17, 15) is 28.5 Å². The molecule has 19 heteroatoms. The molecule has 2 aromatic rings. The molecule has 3 heterocycles. The molecule has 0 unspecified atom stereocenters. The molecule has 0 spiro atoms. The maximum Gasteiger partial charge on any atom is 0.409 e. The van der Waals surface area contributed by atoms with Crippen LogP contribution in [0.1, 0.15) is 70.8 Å². The summed E-state index contributed by atoms with van der Waals surface area (Å²) >= 11 is 0. The van der Waals surface area contributed by atoms with Crippen LogP contribution in [0.3, 0.4) is 0 Å². The smallest absolute Gasteiger partial charge is 0.409 e. The number of hydrogen-bond acceptors (Lipinski definition) is 15. The fourth-order valence-electron chi connectivity index (χ4n) is 5.89. The summed E-state index contributed by atoms with van der Waals surface area (Å²) in [5.41, 5.74) is 0.658. The van der Waals surface area contributed by atoms with Crippen LogP contribution in [0.15, 0.2) is 36.4 Å². The number of aromatic nitrogens is 2. The lowest BCUT2D eigenvalue weighted by Crippen LogP contribution is -2.56. The Morgan fingerprint density at radius 1 is 0.862 bits per heavy atom. The summed E-state index contributed by atoms with van der Waals surface area (Å²) in [6.07, 6.45) is 1.14. The minimum atomic E-state index is -4.25. The topological polar surface area (TPSA) is 205 Å². The lowest BCUT2D eigenvalue weighted by atomic mass is 10.1. The van der Waals surface area contributed by atoms with Crippen molar-refractivity contribution < 1.29 is 56.5 Å². The molecule has 0 aliphatic carbocycles. The van der Waals surface area contributed by atoms with Gasteiger partial charge in [0.1, 0.15) is 17.6 Å². The number of hydrogen-bond donors (Lipinski definition) is 1. The number of amides is 3. The molecule has 1 aromatic carbocycles. The molecule has 58 heavy (non-hydrogen) atoms.